The maximum Gasteiger partial charge on any atom is 0.323 e. The summed E-state index contributed by atoms with van der Waals surface area (Å²) in [5.41, 5.74) is 1.94. The molecule has 0 spiro atoms. The Morgan fingerprint density at radius 2 is 1.75 bits per heavy atom. The Bertz CT molecular complexity index is 653. The SMILES string of the molecule is CCCCCCC1CC(C(=O)OCC)(C(=O)OCC)Cc2ncc(CC)cc21. The maximum absolute atomic E-state index is 12.9. The molecule has 0 saturated heterocycles. The number of aryl methyl sites for hydroxylation is 1. The average Bonchev–Trinajstić information content (AvgIpc) is 2.70. The number of hydrogen-bond acceptors (Lipinski definition) is 5. The second-order valence-corrected chi connectivity index (χ2v) is 7.68. The van der Waals surface area contributed by atoms with Gasteiger partial charge in [0.15, 0.2) is 5.41 Å². The smallest absolute Gasteiger partial charge is 0.323 e. The van der Waals surface area contributed by atoms with Gasteiger partial charge in [-0.15, -0.1) is 0 Å². The number of esters is 2. The van der Waals surface area contributed by atoms with Gasteiger partial charge in [0.05, 0.1) is 13.2 Å². The number of aromatic nitrogens is 1. The molecule has 0 bridgehead atoms. The van der Waals surface area contributed by atoms with Crippen LogP contribution in [-0.2, 0) is 31.9 Å². The summed E-state index contributed by atoms with van der Waals surface area (Å²) in [6.45, 7) is 8.33. The van der Waals surface area contributed by atoms with Gasteiger partial charge in [-0.25, -0.2) is 0 Å². The third-order valence-electron chi connectivity index (χ3n) is 5.71. The Kier molecular flexibility index (Phi) is 8.46. The first kappa shape index (κ1) is 22.4. The fourth-order valence-corrected chi connectivity index (χ4v) is 4.15. The molecular weight excluding hydrogens is 354 g/mol. The molecule has 1 aliphatic rings. The number of carbonyl (C=O) groups excluding carboxylic acids is 2. The summed E-state index contributed by atoms with van der Waals surface area (Å²) in [5.74, 6) is -0.827. The van der Waals surface area contributed by atoms with E-state index in [2.05, 4.69) is 24.9 Å². The Hall–Kier alpha value is -1.91. The maximum atomic E-state index is 12.9. The number of carbonyl (C=O) groups is 2. The molecule has 1 atom stereocenters. The van der Waals surface area contributed by atoms with Crippen LogP contribution in [0.2, 0.25) is 0 Å². The Morgan fingerprint density at radius 3 is 2.32 bits per heavy atom. The molecule has 0 radical (unpaired) electrons. The molecule has 2 rings (SSSR count). The van der Waals surface area contributed by atoms with Crippen molar-refractivity contribution in [3.63, 3.8) is 0 Å². The standard InChI is InChI=1S/C23H35NO4/c1-5-9-10-11-12-18-14-23(21(25)27-7-3,22(26)28-8-4)15-20-19(18)13-17(6-2)16-24-20/h13,16,18H,5-12,14-15H2,1-4H3. The number of nitrogens with zero attached hydrogens (tertiary/aromatic N) is 1. The lowest BCUT2D eigenvalue weighted by atomic mass is 9.67. The first-order valence-electron chi connectivity index (χ1n) is 10.8. The van der Waals surface area contributed by atoms with Crippen LogP contribution < -0.4 is 0 Å². The number of pyridine rings is 1. The van der Waals surface area contributed by atoms with Crippen LogP contribution in [0.4, 0.5) is 0 Å². The molecule has 0 amide bonds. The van der Waals surface area contributed by atoms with Crippen LogP contribution in [0.25, 0.3) is 0 Å². The van der Waals surface area contributed by atoms with E-state index in [0.29, 0.717) is 6.42 Å². The van der Waals surface area contributed by atoms with E-state index < -0.39 is 17.4 Å². The quantitative estimate of drug-likeness (QED) is 0.328. The van der Waals surface area contributed by atoms with Crippen molar-refractivity contribution in [2.24, 2.45) is 5.41 Å². The Balaban J connectivity index is 2.42. The van der Waals surface area contributed by atoms with Gasteiger partial charge in [-0.2, -0.15) is 0 Å². The summed E-state index contributed by atoms with van der Waals surface area (Å²) in [6.07, 6.45) is 9.05. The van der Waals surface area contributed by atoms with Crippen LogP contribution in [0.1, 0.15) is 89.0 Å². The topological polar surface area (TPSA) is 65.5 Å². The van der Waals surface area contributed by atoms with E-state index in [9.17, 15) is 9.59 Å². The fourth-order valence-electron chi connectivity index (χ4n) is 4.15. The van der Waals surface area contributed by atoms with Crippen molar-refractivity contribution in [1.29, 1.82) is 0 Å². The van der Waals surface area contributed by atoms with E-state index >= 15 is 0 Å². The molecule has 1 aromatic rings. The van der Waals surface area contributed by atoms with Gasteiger partial charge < -0.3 is 9.47 Å². The van der Waals surface area contributed by atoms with Gasteiger partial charge in [0, 0.05) is 18.3 Å². The van der Waals surface area contributed by atoms with Crippen LogP contribution in [0, 0.1) is 5.41 Å². The first-order valence-corrected chi connectivity index (χ1v) is 10.8. The van der Waals surface area contributed by atoms with Crippen LogP contribution >= 0.6 is 0 Å². The molecule has 5 nitrogen and oxygen atoms in total. The van der Waals surface area contributed by atoms with Crippen molar-refractivity contribution in [3.05, 3.63) is 29.1 Å². The molecule has 28 heavy (non-hydrogen) atoms. The number of ether oxygens (including phenoxy) is 2. The second-order valence-electron chi connectivity index (χ2n) is 7.68. The zero-order valence-electron chi connectivity index (χ0n) is 17.9. The summed E-state index contributed by atoms with van der Waals surface area (Å²) >= 11 is 0. The molecule has 1 heterocycles. The largest absolute Gasteiger partial charge is 0.465 e. The summed E-state index contributed by atoms with van der Waals surface area (Å²) in [6, 6.07) is 2.22. The van der Waals surface area contributed by atoms with E-state index in [1.54, 1.807) is 13.8 Å². The van der Waals surface area contributed by atoms with Crippen molar-refractivity contribution >= 4 is 11.9 Å². The van der Waals surface area contributed by atoms with Crippen molar-refractivity contribution < 1.29 is 19.1 Å². The number of hydrogen-bond donors (Lipinski definition) is 0. The van der Waals surface area contributed by atoms with Gasteiger partial charge in [-0.05, 0) is 50.2 Å². The lowest BCUT2D eigenvalue weighted by Gasteiger charge is -2.38. The predicted molar refractivity (Wildman–Crippen MR) is 109 cm³/mol. The van der Waals surface area contributed by atoms with Gasteiger partial charge in [0.1, 0.15) is 0 Å². The molecule has 0 N–H and O–H groups in total. The lowest BCUT2D eigenvalue weighted by Crippen LogP contribution is -2.47. The highest BCUT2D eigenvalue weighted by atomic mass is 16.6. The van der Waals surface area contributed by atoms with Crippen LogP contribution in [-0.4, -0.2) is 30.1 Å². The summed E-state index contributed by atoms with van der Waals surface area (Å²) in [5, 5.41) is 0. The summed E-state index contributed by atoms with van der Waals surface area (Å²) in [4.78, 5) is 30.5. The van der Waals surface area contributed by atoms with Gasteiger partial charge in [-0.3, -0.25) is 14.6 Å². The average molecular weight is 390 g/mol. The number of rotatable bonds is 10. The van der Waals surface area contributed by atoms with E-state index in [0.717, 1.165) is 31.4 Å². The molecule has 0 fully saturated rings. The van der Waals surface area contributed by atoms with Crippen molar-refractivity contribution in [2.75, 3.05) is 13.2 Å². The minimum absolute atomic E-state index is 0.119. The second kappa shape index (κ2) is 10.6. The summed E-state index contributed by atoms with van der Waals surface area (Å²) in [7, 11) is 0. The molecule has 0 aliphatic heterocycles. The third-order valence-corrected chi connectivity index (χ3v) is 5.71. The van der Waals surface area contributed by atoms with E-state index in [4.69, 9.17) is 9.47 Å². The molecule has 1 unspecified atom stereocenters. The number of fused-ring (bicyclic) bond motifs is 1. The van der Waals surface area contributed by atoms with Crippen molar-refractivity contribution in [3.8, 4) is 0 Å². The van der Waals surface area contributed by atoms with E-state index in [1.165, 1.54) is 24.0 Å². The highest BCUT2D eigenvalue weighted by Crippen LogP contribution is 2.46. The first-order chi connectivity index (χ1) is 13.5. The Morgan fingerprint density at radius 1 is 1.07 bits per heavy atom. The summed E-state index contributed by atoms with van der Waals surface area (Å²) < 4.78 is 10.7. The minimum atomic E-state index is -1.28. The van der Waals surface area contributed by atoms with Gasteiger partial charge in [0.25, 0.3) is 0 Å². The van der Waals surface area contributed by atoms with Gasteiger partial charge in [0.2, 0.25) is 0 Å². The van der Waals surface area contributed by atoms with Crippen molar-refractivity contribution in [2.45, 2.75) is 85.0 Å². The van der Waals surface area contributed by atoms with E-state index in [-0.39, 0.29) is 25.6 Å². The molecule has 1 aromatic heterocycles. The molecule has 156 valence electrons. The Labute approximate surface area is 169 Å². The van der Waals surface area contributed by atoms with Crippen molar-refractivity contribution in [1.82, 2.24) is 4.98 Å². The molecule has 5 heteroatoms. The third kappa shape index (κ3) is 4.92. The van der Waals surface area contributed by atoms with Gasteiger partial charge in [-0.1, -0.05) is 45.6 Å². The van der Waals surface area contributed by atoms with Crippen LogP contribution in [0.15, 0.2) is 12.3 Å². The fraction of sp³-hybridized carbons (Fsp3) is 0.696. The molecule has 0 saturated carbocycles. The lowest BCUT2D eigenvalue weighted by molar-refractivity contribution is -0.173. The normalized spacial score (nSPS) is 17.6. The van der Waals surface area contributed by atoms with Gasteiger partial charge >= 0.3 is 11.9 Å². The highest BCUT2D eigenvalue weighted by Gasteiger charge is 2.53. The number of unbranched alkanes of at least 4 members (excludes halogenated alkanes) is 3. The monoisotopic (exact) mass is 389 g/mol. The van der Waals surface area contributed by atoms with Crippen LogP contribution in [0.3, 0.4) is 0 Å². The minimum Gasteiger partial charge on any atom is -0.465 e. The van der Waals surface area contributed by atoms with Crippen LogP contribution in [0.5, 0.6) is 0 Å². The predicted octanol–water partition coefficient (Wildman–Crippen LogP) is 4.76. The zero-order valence-corrected chi connectivity index (χ0v) is 17.9. The molecular formula is C23H35NO4. The molecule has 0 aromatic carbocycles. The molecule has 1 aliphatic carbocycles. The highest BCUT2D eigenvalue weighted by molar-refractivity contribution is 6.00. The zero-order chi connectivity index (χ0) is 20.6. The van der Waals surface area contributed by atoms with E-state index in [1.807, 2.05) is 6.20 Å².